The van der Waals surface area contributed by atoms with Crippen LogP contribution < -0.4 is 4.74 Å². The summed E-state index contributed by atoms with van der Waals surface area (Å²) in [6, 6.07) is 25.7. The molecule has 0 radical (unpaired) electrons. The van der Waals surface area contributed by atoms with Gasteiger partial charge < -0.3 is 14.0 Å². The molecule has 0 saturated carbocycles. The number of carbonyl (C=O) groups excluding carboxylic acids is 1. The highest BCUT2D eigenvalue weighted by molar-refractivity contribution is 6.36. The first kappa shape index (κ1) is 29.9. The molecule has 0 bridgehead atoms. The Morgan fingerprint density at radius 1 is 0.884 bits per heavy atom. The van der Waals surface area contributed by atoms with E-state index < -0.39 is 12.3 Å². The molecule has 0 N–H and O–H groups in total. The summed E-state index contributed by atoms with van der Waals surface area (Å²) >= 11 is 12.6. The Hall–Kier alpha value is -4.53. The summed E-state index contributed by atoms with van der Waals surface area (Å²) in [6.07, 6.45) is 0.963. The molecule has 0 fully saturated rings. The van der Waals surface area contributed by atoms with Crippen LogP contribution in [0.2, 0.25) is 10.0 Å². The number of halogens is 5. The number of imidazole rings is 1. The number of benzene rings is 4. The van der Waals surface area contributed by atoms with Gasteiger partial charge in [0.25, 0.3) is 0 Å². The van der Waals surface area contributed by atoms with Gasteiger partial charge in [0.2, 0.25) is 0 Å². The van der Waals surface area contributed by atoms with E-state index in [9.17, 15) is 18.0 Å². The second kappa shape index (κ2) is 12.8. The molecule has 0 atom stereocenters. The van der Waals surface area contributed by atoms with Gasteiger partial charge in [0.15, 0.2) is 0 Å². The van der Waals surface area contributed by atoms with Crippen LogP contribution in [0.5, 0.6) is 5.75 Å². The third-order valence-corrected chi connectivity index (χ3v) is 7.05. The highest BCUT2D eigenvalue weighted by Gasteiger charge is 2.31. The van der Waals surface area contributed by atoms with Crippen molar-refractivity contribution in [2.75, 3.05) is 7.11 Å². The smallest absolute Gasteiger partial charge is 0.465 e. The number of alkyl halides is 3. The second-order valence-corrected chi connectivity index (χ2v) is 10.3. The van der Waals surface area contributed by atoms with Gasteiger partial charge in [-0.15, -0.1) is 13.2 Å². The number of esters is 1. The van der Waals surface area contributed by atoms with E-state index in [0.717, 1.165) is 27.8 Å². The Morgan fingerprint density at radius 2 is 1.53 bits per heavy atom. The van der Waals surface area contributed by atoms with Crippen LogP contribution in [0.3, 0.4) is 0 Å². The summed E-state index contributed by atoms with van der Waals surface area (Å²) in [5.74, 6) is -0.0108. The van der Waals surface area contributed by atoms with Crippen LogP contribution in [0.4, 0.5) is 13.2 Å². The molecular weight excluding hydrogens is 600 g/mol. The summed E-state index contributed by atoms with van der Waals surface area (Å²) in [5, 5.41) is 0.997. The van der Waals surface area contributed by atoms with Gasteiger partial charge in [-0.1, -0.05) is 77.8 Å². The van der Waals surface area contributed by atoms with Crippen molar-refractivity contribution in [1.82, 2.24) is 9.55 Å². The molecule has 0 aliphatic carbocycles. The van der Waals surface area contributed by atoms with Gasteiger partial charge >= 0.3 is 12.3 Å². The van der Waals surface area contributed by atoms with Crippen molar-refractivity contribution in [3.8, 4) is 28.1 Å². The lowest BCUT2D eigenvalue weighted by Crippen LogP contribution is -2.16. The minimum atomic E-state index is -4.73. The standard InChI is InChI=1S/C33H23Cl2F3N2O3/c1-42-32(41)25-9-4-22(5-10-25)19-40-20-30(28-16-13-26(34)18-29(28)35)39-31(40)17-6-21-2-7-23(8-3-21)24-11-14-27(15-12-24)43-33(36,37)38/h2-18,20H,19H2,1H3/b17-6+. The Kier molecular flexibility index (Phi) is 8.89. The van der Waals surface area contributed by atoms with Crippen LogP contribution in [-0.4, -0.2) is 29.0 Å². The molecule has 0 amide bonds. The molecule has 5 rings (SSSR count). The fourth-order valence-corrected chi connectivity index (χ4v) is 4.89. The maximum absolute atomic E-state index is 12.5. The van der Waals surface area contributed by atoms with Crippen LogP contribution in [0.15, 0.2) is 97.2 Å². The normalized spacial score (nSPS) is 11.6. The summed E-state index contributed by atoms with van der Waals surface area (Å²) < 4.78 is 48.1. The van der Waals surface area contributed by atoms with Crippen molar-refractivity contribution < 1.29 is 27.4 Å². The van der Waals surface area contributed by atoms with Gasteiger partial charge in [0, 0.05) is 23.3 Å². The van der Waals surface area contributed by atoms with Gasteiger partial charge in [0.1, 0.15) is 11.6 Å². The Bertz CT molecular complexity index is 1760. The highest BCUT2D eigenvalue weighted by atomic mass is 35.5. The van der Waals surface area contributed by atoms with Crippen LogP contribution >= 0.6 is 23.2 Å². The SMILES string of the molecule is COC(=O)c1ccc(Cn2cc(-c3ccc(Cl)cc3Cl)nc2/C=C/c2ccc(-c3ccc(OC(F)(F)F)cc3)cc2)cc1. The number of hydrogen-bond donors (Lipinski definition) is 0. The first-order chi connectivity index (χ1) is 20.6. The van der Waals surface area contributed by atoms with Crippen LogP contribution in [0.25, 0.3) is 34.5 Å². The first-order valence-electron chi connectivity index (χ1n) is 12.9. The number of aromatic nitrogens is 2. The summed E-state index contributed by atoms with van der Waals surface area (Å²) in [4.78, 5) is 16.6. The van der Waals surface area contributed by atoms with Gasteiger partial charge in [-0.3, -0.25) is 0 Å². The molecule has 0 spiro atoms. The fraction of sp³-hybridized carbons (Fsp3) is 0.0909. The van der Waals surface area contributed by atoms with Crippen molar-refractivity contribution in [2.24, 2.45) is 0 Å². The van der Waals surface area contributed by atoms with Crippen molar-refractivity contribution in [1.29, 1.82) is 0 Å². The minimum Gasteiger partial charge on any atom is -0.465 e. The largest absolute Gasteiger partial charge is 0.573 e. The van der Waals surface area contributed by atoms with E-state index in [4.69, 9.17) is 32.9 Å². The molecular formula is C33H23Cl2F3N2O3. The maximum atomic E-state index is 12.5. The molecule has 0 aliphatic rings. The molecule has 0 aliphatic heterocycles. The van der Waals surface area contributed by atoms with Crippen molar-refractivity contribution in [3.63, 3.8) is 0 Å². The van der Waals surface area contributed by atoms with Crippen molar-refractivity contribution in [3.05, 3.63) is 130 Å². The number of ether oxygens (including phenoxy) is 2. The second-order valence-electron chi connectivity index (χ2n) is 9.45. The third kappa shape index (κ3) is 7.66. The molecule has 10 heteroatoms. The fourth-order valence-electron chi connectivity index (χ4n) is 4.38. The van der Waals surface area contributed by atoms with E-state index >= 15 is 0 Å². The molecule has 218 valence electrons. The Balaban J connectivity index is 1.39. The zero-order valence-corrected chi connectivity index (χ0v) is 24.1. The average molecular weight is 623 g/mol. The van der Waals surface area contributed by atoms with E-state index in [1.807, 2.05) is 65.4 Å². The van der Waals surface area contributed by atoms with Crippen molar-refractivity contribution in [2.45, 2.75) is 12.9 Å². The van der Waals surface area contributed by atoms with E-state index in [1.54, 1.807) is 36.4 Å². The predicted octanol–water partition coefficient (Wildman–Crippen LogP) is 9.43. The molecule has 1 heterocycles. The zero-order valence-electron chi connectivity index (χ0n) is 22.6. The maximum Gasteiger partial charge on any atom is 0.573 e. The molecule has 0 unspecified atom stereocenters. The van der Waals surface area contributed by atoms with Gasteiger partial charge in [0.05, 0.1) is 23.4 Å². The number of nitrogens with zero attached hydrogens (tertiary/aromatic N) is 2. The van der Waals surface area contributed by atoms with E-state index in [-0.39, 0.29) is 5.75 Å². The van der Waals surface area contributed by atoms with Crippen LogP contribution in [-0.2, 0) is 11.3 Å². The predicted molar refractivity (Wildman–Crippen MR) is 162 cm³/mol. The van der Waals surface area contributed by atoms with Gasteiger partial charge in [-0.2, -0.15) is 0 Å². The highest BCUT2D eigenvalue weighted by Crippen LogP contribution is 2.31. The topological polar surface area (TPSA) is 53.4 Å². The molecule has 4 aromatic carbocycles. The molecule has 5 aromatic rings. The first-order valence-corrected chi connectivity index (χ1v) is 13.7. The van der Waals surface area contributed by atoms with E-state index in [2.05, 4.69) is 4.74 Å². The lowest BCUT2D eigenvalue weighted by molar-refractivity contribution is -0.274. The zero-order chi connectivity index (χ0) is 30.6. The van der Waals surface area contributed by atoms with E-state index in [1.165, 1.54) is 19.2 Å². The third-order valence-electron chi connectivity index (χ3n) is 6.50. The number of carbonyl (C=O) groups is 1. The minimum absolute atomic E-state index is 0.273. The van der Waals surface area contributed by atoms with E-state index in [0.29, 0.717) is 33.7 Å². The average Bonchev–Trinajstić information content (AvgIpc) is 3.38. The van der Waals surface area contributed by atoms with Crippen LogP contribution in [0.1, 0.15) is 27.3 Å². The lowest BCUT2D eigenvalue weighted by Gasteiger charge is -2.09. The molecule has 1 aromatic heterocycles. The van der Waals surface area contributed by atoms with Crippen molar-refractivity contribution >= 4 is 41.3 Å². The summed E-state index contributed by atoms with van der Waals surface area (Å²) in [7, 11) is 1.34. The Labute approximate surface area is 255 Å². The number of methoxy groups -OCH3 is 1. The number of hydrogen-bond acceptors (Lipinski definition) is 4. The lowest BCUT2D eigenvalue weighted by atomic mass is 10.0. The molecule has 5 nitrogen and oxygen atoms in total. The monoisotopic (exact) mass is 622 g/mol. The Morgan fingerprint density at radius 3 is 2.14 bits per heavy atom. The van der Waals surface area contributed by atoms with Gasteiger partial charge in [-0.05, 0) is 70.8 Å². The summed E-state index contributed by atoms with van der Waals surface area (Å²) in [6.45, 7) is 0.478. The number of rotatable bonds is 8. The van der Waals surface area contributed by atoms with Crippen LogP contribution in [0, 0.1) is 0 Å². The molecule has 43 heavy (non-hydrogen) atoms. The quantitative estimate of drug-likeness (QED) is 0.162. The van der Waals surface area contributed by atoms with Gasteiger partial charge in [-0.25, -0.2) is 9.78 Å². The molecule has 0 saturated heterocycles. The summed E-state index contributed by atoms with van der Waals surface area (Å²) in [5.41, 5.74) is 5.29.